The monoisotopic (exact) mass is 426 g/mol. The van der Waals surface area contributed by atoms with Gasteiger partial charge >= 0.3 is 0 Å². The van der Waals surface area contributed by atoms with Crippen LogP contribution in [0.3, 0.4) is 0 Å². The molecule has 0 spiro atoms. The van der Waals surface area contributed by atoms with E-state index in [-0.39, 0.29) is 0 Å². The van der Waals surface area contributed by atoms with Gasteiger partial charge in [-0.3, -0.25) is 0 Å². The van der Waals surface area contributed by atoms with Crippen LogP contribution >= 0.6 is 31.9 Å². The third-order valence-electron chi connectivity index (χ3n) is 2.88. The number of tetrazole rings is 2. The Bertz CT molecular complexity index is 672. The number of hydrogen-bond donors (Lipinski definition) is 0. The van der Waals surface area contributed by atoms with Crippen molar-refractivity contribution in [2.45, 2.75) is 13.1 Å². The molecule has 3 aromatic rings. The molecule has 0 amide bonds. The van der Waals surface area contributed by atoms with Crippen LogP contribution in [-0.4, -0.2) is 51.1 Å². The van der Waals surface area contributed by atoms with Gasteiger partial charge in [0.2, 0.25) is 11.6 Å². The van der Waals surface area contributed by atoms with Gasteiger partial charge in [-0.1, -0.05) is 56.1 Å². The number of benzene rings is 1. The first-order valence-corrected chi connectivity index (χ1v) is 8.83. The van der Waals surface area contributed by atoms with Crippen LogP contribution in [0, 0.1) is 0 Å². The highest BCUT2D eigenvalue weighted by Gasteiger charge is 2.09. The lowest BCUT2D eigenvalue weighted by molar-refractivity contribution is 0.559. The molecular weight excluding hydrogens is 416 g/mol. The van der Waals surface area contributed by atoms with Gasteiger partial charge in [-0.15, -0.1) is 20.4 Å². The van der Waals surface area contributed by atoms with Gasteiger partial charge in [0.05, 0.1) is 13.1 Å². The summed E-state index contributed by atoms with van der Waals surface area (Å²) in [6.07, 6.45) is 0. The summed E-state index contributed by atoms with van der Waals surface area (Å²) < 4.78 is 0. The molecule has 2 heterocycles. The molecule has 8 nitrogen and oxygen atoms in total. The Labute approximate surface area is 143 Å². The van der Waals surface area contributed by atoms with Crippen LogP contribution in [0.1, 0.15) is 0 Å². The maximum Gasteiger partial charge on any atom is 0.204 e. The molecule has 114 valence electrons. The molecule has 2 aromatic heterocycles. The third kappa shape index (κ3) is 3.38. The van der Waals surface area contributed by atoms with Gasteiger partial charge in [0, 0.05) is 21.8 Å². The lowest BCUT2D eigenvalue weighted by Crippen LogP contribution is -2.03. The smallest absolute Gasteiger partial charge is 0.163 e. The zero-order valence-corrected chi connectivity index (χ0v) is 14.6. The van der Waals surface area contributed by atoms with Crippen molar-refractivity contribution in [2.75, 3.05) is 10.7 Å². The molecule has 0 saturated heterocycles. The number of nitrogens with zero attached hydrogens (tertiary/aromatic N) is 8. The summed E-state index contributed by atoms with van der Waals surface area (Å²) in [6.45, 7) is 1.37. The second-order valence-corrected chi connectivity index (χ2v) is 5.96. The number of aromatic nitrogens is 8. The number of hydrogen-bond acceptors (Lipinski definition) is 6. The van der Waals surface area contributed by atoms with Crippen molar-refractivity contribution < 1.29 is 0 Å². The van der Waals surface area contributed by atoms with Gasteiger partial charge in [0.1, 0.15) is 0 Å². The molecule has 0 fully saturated rings. The fourth-order valence-corrected chi connectivity index (χ4v) is 2.46. The summed E-state index contributed by atoms with van der Waals surface area (Å²) in [5.74, 6) is 1.20. The van der Waals surface area contributed by atoms with E-state index in [0.717, 1.165) is 21.8 Å². The first kappa shape index (κ1) is 15.2. The van der Waals surface area contributed by atoms with E-state index in [4.69, 9.17) is 0 Å². The number of aryl methyl sites for hydroxylation is 2. The molecule has 3 rings (SSSR count). The van der Waals surface area contributed by atoms with Crippen molar-refractivity contribution in [1.29, 1.82) is 0 Å². The molecule has 1 aromatic carbocycles. The van der Waals surface area contributed by atoms with E-state index in [0.29, 0.717) is 24.7 Å². The van der Waals surface area contributed by atoms with E-state index in [2.05, 4.69) is 62.7 Å². The predicted octanol–water partition coefficient (Wildman–Crippen LogP) is 1.78. The summed E-state index contributed by atoms with van der Waals surface area (Å²) in [5.41, 5.74) is 1.80. The molecule has 0 aliphatic carbocycles. The summed E-state index contributed by atoms with van der Waals surface area (Å²) in [6, 6.07) is 7.71. The molecule has 0 saturated carbocycles. The van der Waals surface area contributed by atoms with Crippen LogP contribution in [0.5, 0.6) is 0 Å². The zero-order chi connectivity index (χ0) is 15.4. The molecule has 0 atom stereocenters. The maximum absolute atomic E-state index is 4.31. The lowest BCUT2D eigenvalue weighted by atomic mass is 10.1. The highest BCUT2D eigenvalue weighted by molar-refractivity contribution is 9.09. The quantitative estimate of drug-likeness (QED) is 0.557. The van der Waals surface area contributed by atoms with Crippen LogP contribution < -0.4 is 0 Å². The maximum atomic E-state index is 4.31. The van der Waals surface area contributed by atoms with Crippen molar-refractivity contribution in [3.63, 3.8) is 0 Å². The van der Waals surface area contributed by atoms with Crippen LogP contribution in [0.2, 0.25) is 0 Å². The number of halogens is 2. The van der Waals surface area contributed by atoms with Crippen LogP contribution in [0.4, 0.5) is 0 Å². The third-order valence-corrected chi connectivity index (χ3v) is 3.59. The van der Waals surface area contributed by atoms with Crippen molar-refractivity contribution in [3.05, 3.63) is 24.3 Å². The highest BCUT2D eigenvalue weighted by Crippen LogP contribution is 2.19. The van der Waals surface area contributed by atoms with Gasteiger partial charge in [0.15, 0.2) is 0 Å². The Morgan fingerprint density at radius 3 is 1.50 bits per heavy atom. The fraction of sp³-hybridized carbons (Fsp3) is 0.333. The Hall–Kier alpha value is -1.68. The average molecular weight is 428 g/mol. The minimum atomic E-state index is 0.600. The van der Waals surface area contributed by atoms with E-state index in [1.807, 2.05) is 24.3 Å². The molecule has 0 bridgehead atoms. The van der Waals surface area contributed by atoms with E-state index in [1.54, 1.807) is 9.59 Å². The lowest BCUT2D eigenvalue weighted by Gasteiger charge is -1.97. The molecule has 0 aliphatic rings. The van der Waals surface area contributed by atoms with Gasteiger partial charge in [-0.2, -0.15) is 9.59 Å². The molecular formula is C12H12Br2N8. The number of alkyl halides is 2. The topological polar surface area (TPSA) is 87.2 Å². The predicted molar refractivity (Wildman–Crippen MR) is 87.7 cm³/mol. The Morgan fingerprint density at radius 1 is 0.727 bits per heavy atom. The molecule has 0 aliphatic heterocycles. The molecule has 0 N–H and O–H groups in total. The first-order chi connectivity index (χ1) is 10.8. The van der Waals surface area contributed by atoms with E-state index in [1.165, 1.54) is 0 Å². The highest BCUT2D eigenvalue weighted by atomic mass is 79.9. The largest absolute Gasteiger partial charge is 0.204 e. The van der Waals surface area contributed by atoms with Crippen molar-refractivity contribution in [2.24, 2.45) is 0 Å². The Balaban J connectivity index is 1.79. The van der Waals surface area contributed by atoms with Gasteiger partial charge in [0.25, 0.3) is 0 Å². The standard InChI is InChI=1S/C12H12Br2N8/c13-5-7-21-17-11(15-19-21)9-1-2-10(4-3-9)12-16-20-22(18-12)8-6-14/h1-4H,5-8H2. The fourth-order valence-electron chi connectivity index (χ4n) is 1.83. The molecule has 0 radical (unpaired) electrons. The Morgan fingerprint density at radius 2 is 1.14 bits per heavy atom. The minimum Gasteiger partial charge on any atom is -0.163 e. The first-order valence-electron chi connectivity index (χ1n) is 6.58. The Kier molecular flexibility index (Phi) is 4.88. The second kappa shape index (κ2) is 7.05. The van der Waals surface area contributed by atoms with Crippen molar-refractivity contribution >= 4 is 31.9 Å². The molecule has 10 heteroatoms. The summed E-state index contributed by atoms with van der Waals surface area (Å²) >= 11 is 6.69. The van der Waals surface area contributed by atoms with Crippen LogP contribution in [0.15, 0.2) is 24.3 Å². The van der Waals surface area contributed by atoms with Crippen LogP contribution in [-0.2, 0) is 13.1 Å². The molecule has 22 heavy (non-hydrogen) atoms. The normalized spacial score (nSPS) is 11.0. The van der Waals surface area contributed by atoms with Crippen LogP contribution in [0.25, 0.3) is 22.8 Å². The summed E-state index contributed by atoms with van der Waals surface area (Å²) in [4.78, 5) is 3.12. The van der Waals surface area contributed by atoms with Gasteiger partial charge in [-0.25, -0.2) is 0 Å². The van der Waals surface area contributed by atoms with E-state index >= 15 is 0 Å². The second-order valence-electron chi connectivity index (χ2n) is 4.37. The molecule has 0 unspecified atom stereocenters. The van der Waals surface area contributed by atoms with Gasteiger partial charge in [-0.05, 0) is 10.4 Å². The SMILES string of the molecule is BrCCn1nnc(-c2ccc(-c3nnn(CCBr)n3)cc2)n1. The minimum absolute atomic E-state index is 0.600. The summed E-state index contributed by atoms with van der Waals surface area (Å²) in [5, 5.41) is 26.3. The zero-order valence-electron chi connectivity index (χ0n) is 11.5. The summed E-state index contributed by atoms with van der Waals surface area (Å²) in [7, 11) is 0. The van der Waals surface area contributed by atoms with Gasteiger partial charge < -0.3 is 0 Å². The van der Waals surface area contributed by atoms with E-state index in [9.17, 15) is 0 Å². The van der Waals surface area contributed by atoms with Crippen molar-refractivity contribution in [1.82, 2.24) is 40.4 Å². The average Bonchev–Trinajstić information content (AvgIpc) is 3.18. The van der Waals surface area contributed by atoms with E-state index < -0.39 is 0 Å². The number of rotatable bonds is 6. The van der Waals surface area contributed by atoms with Crippen molar-refractivity contribution in [3.8, 4) is 22.8 Å².